The summed E-state index contributed by atoms with van der Waals surface area (Å²) in [6, 6.07) is 4.98. The Bertz CT molecular complexity index is 401. The van der Waals surface area contributed by atoms with Crippen molar-refractivity contribution in [3.05, 3.63) is 35.1 Å². The van der Waals surface area contributed by atoms with Gasteiger partial charge in [0.1, 0.15) is 5.82 Å². The van der Waals surface area contributed by atoms with Gasteiger partial charge in [-0.25, -0.2) is 4.39 Å². The molecule has 1 aromatic carbocycles. The minimum Gasteiger partial charge on any atom is -0.383 e. The number of methoxy groups -OCH3 is 2. The number of nitrogens with two attached hydrogens (primary N) is 1. The molecule has 0 aromatic heterocycles. The minimum atomic E-state index is -0.233. The molecule has 0 heterocycles. The Hall–Kier alpha value is -1.01. The Kier molecular flexibility index (Phi) is 7.69. The fourth-order valence-electron chi connectivity index (χ4n) is 2.17. The molecule has 0 saturated heterocycles. The summed E-state index contributed by atoms with van der Waals surface area (Å²) >= 11 is 0. The van der Waals surface area contributed by atoms with Crippen molar-refractivity contribution in [2.24, 2.45) is 5.73 Å². The normalized spacial score (nSPS) is 12.9. The van der Waals surface area contributed by atoms with Gasteiger partial charge in [0.2, 0.25) is 0 Å². The van der Waals surface area contributed by atoms with Crippen LogP contribution in [0.3, 0.4) is 0 Å². The Balaban J connectivity index is 2.84. The van der Waals surface area contributed by atoms with Crippen LogP contribution in [0.15, 0.2) is 18.2 Å². The lowest BCUT2D eigenvalue weighted by molar-refractivity contribution is 0.0703. The largest absolute Gasteiger partial charge is 0.383 e. The molecule has 0 bridgehead atoms. The molecule has 2 N–H and O–H groups in total. The number of benzene rings is 1. The van der Waals surface area contributed by atoms with E-state index in [2.05, 4.69) is 11.8 Å². The number of nitrogens with zero attached hydrogens (tertiary/aromatic N) is 1. The van der Waals surface area contributed by atoms with E-state index in [0.717, 1.165) is 17.7 Å². The predicted molar refractivity (Wildman–Crippen MR) is 77.9 cm³/mol. The lowest BCUT2D eigenvalue weighted by Crippen LogP contribution is -2.38. The Morgan fingerprint density at radius 3 is 2.60 bits per heavy atom. The fraction of sp³-hybridized carbons (Fsp3) is 0.600. The van der Waals surface area contributed by atoms with E-state index in [1.165, 1.54) is 6.07 Å². The highest BCUT2D eigenvalue weighted by Crippen LogP contribution is 2.15. The third kappa shape index (κ3) is 5.17. The van der Waals surface area contributed by atoms with Crippen LogP contribution in [-0.4, -0.2) is 44.9 Å². The number of ether oxygens (including phenoxy) is 2. The molecule has 1 atom stereocenters. The van der Waals surface area contributed by atoms with Gasteiger partial charge in [-0.1, -0.05) is 6.07 Å². The topological polar surface area (TPSA) is 47.7 Å². The number of hydrogen-bond acceptors (Lipinski definition) is 4. The summed E-state index contributed by atoms with van der Waals surface area (Å²) in [5.41, 5.74) is 7.61. The van der Waals surface area contributed by atoms with Gasteiger partial charge in [-0.3, -0.25) is 4.90 Å². The van der Waals surface area contributed by atoms with Crippen LogP contribution in [0, 0.1) is 5.82 Å². The average Bonchev–Trinajstić information content (AvgIpc) is 2.43. The van der Waals surface area contributed by atoms with Crippen LogP contribution in [0.25, 0.3) is 0 Å². The average molecular weight is 284 g/mol. The second-order valence-electron chi connectivity index (χ2n) is 4.88. The summed E-state index contributed by atoms with van der Waals surface area (Å²) in [5, 5.41) is 0. The summed E-state index contributed by atoms with van der Waals surface area (Å²) in [4.78, 5) is 2.21. The highest BCUT2D eigenvalue weighted by atomic mass is 19.1. The lowest BCUT2D eigenvalue weighted by Gasteiger charge is -2.29. The molecule has 20 heavy (non-hydrogen) atoms. The van der Waals surface area contributed by atoms with Crippen molar-refractivity contribution in [1.82, 2.24) is 4.90 Å². The van der Waals surface area contributed by atoms with E-state index in [1.807, 2.05) is 0 Å². The second-order valence-corrected chi connectivity index (χ2v) is 4.88. The molecule has 0 aliphatic rings. The zero-order valence-corrected chi connectivity index (χ0v) is 12.6. The van der Waals surface area contributed by atoms with Crippen molar-refractivity contribution in [2.75, 3.05) is 34.0 Å². The first-order valence-electron chi connectivity index (χ1n) is 6.81. The van der Waals surface area contributed by atoms with Crippen molar-refractivity contribution < 1.29 is 13.9 Å². The van der Waals surface area contributed by atoms with Gasteiger partial charge in [0.15, 0.2) is 0 Å². The maximum absolute atomic E-state index is 13.4. The van der Waals surface area contributed by atoms with E-state index >= 15 is 0 Å². The Morgan fingerprint density at radius 2 is 2.00 bits per heavy atom. The van der Waals surface area contributed by atoms with Crippen LogP contribution in [0.5, 0.6) is 0 Å². The molecule has 0 spiro atoms. The molecule has 1 aromatic rings. The molecule has 0 radical (unpaired) electrons. The Morgan fingerprint density at radius 1 is 1.25 bits per heavy atom. The van der Waals surface area contributed by atoms with E-state index in [-0.39, 0.29) is 11.9 Å². The van der Waals surface area contributed by atoms with Gasteiger partial charge in [0.25, 0.3) is 0 Å². The molecule has 0 fully saturated rings. The maximum Gasteiger partial charge on any atom is 0.123 e. The zero-order valence-electron chi connectivity index (χ0n) is 12.6. The first-order valence-corrected chi connectivity index (χ1v) is 6.81. The molecule has 1 unspecified atom stereocenters. The zero-order chi connectivity index (χ0) is 15.0. The van der Waals surface area contributed by atoms with Gasteiger partial charge in [0.05, 0.1) is 13.2 Å². The summed E-state index contributed by atoms with van der Waals surface area (Å²) in [6.45, 7) is 5.14. The summed E-state index contributed by atoms with van der Waals surface area (Å²) < 4.78 is 23.8. The molecular formula is C15H25FN2O2. The van der Waals surface area contributed by atoms with Crippen molar-refractivity contribution in [3.63, 3.8) is 0 Å². The van der Waals surface area contributed by atoms with E-state index in [0.29, 0.717) is 26.3 Å². The van der Waals surface area contributed by atoms with Crippen LogP contribution in [0.2, 0.25) is 0 Å². The third-order valence-electron chi connectivity index (χ3n) is 3.38. The van der Waals surface area contributed by atoms with Crippen LogP contribution < -0.4 is 5.73 Å². The fourth-order valence-corrected chi connectivity index (χ4v) is 2.17. The second kappa shape index (κ2) is 9.02. The molecule has 0 amide bonds. The maximum atomic E-state index is 13.4. The SMILES string of the molecule is COCCN(Cc1cc(F)ccc1CN)C(C)COC. The monoisotopic (exact) mass is 284 g/mol. The number of rotatable bonds is 9. The van der Waals surface area contributed by atoms with E-state index in [9.17, 15) is 4.39 Å². The van der Waals surface area contributed by atoms with Gasteiger partial charge in [-0.2, -0.15) is 0 Å². The summed E-state index contributed by atoms with van der Waals surface area (Å²) in [7, 11) is 3.35. The Labute approximate surface area is 120 Å². The van der Waals surface area contributed by atoms with Crippen molar-refractivity contribution in [2.45, 2.75) is 26.1 Å². The first-order chi connectivity index (χ1) is 9.62. The van der Waals surface area contributed by atoms with Gasteiger partial charge >= 0.3 is 0 Å². The smallest absolute Gasteiger partial charge is 0.123 e. The molecule has 114 valence electrons. The molecule has 0 aliphatic heterocycles. The summed E-state index contributed by atoms with van der Waals surface area (Å²) in [6.07, 6.45) is 0. The first kappa shape index (κ1) is 17.0. The van der Waals surface area contributed by atoms with Gasteiger partial charge in [-0.15, -0.1) is 0 Å². The molecule has 5 heteroatoms. The highest BCUT2D eigenvalue weighted by Gasteiger charge is 2.16. The predicted octanol–water partition coefficient (Wildman–Crippen LogP) is 1.77. The highest BCUT2D eigenvalue weighted by molar-refractivity contribution is 5.27. The van der Waals surface area contributed by atoms with E-state index < -0.39 is 0 Å². The van der Waals surface area contributed by atoms with Crippen molar-refractivity contribution in [1.29, 1.82) is 0 Å². The molecule has 4 nitrogen and oxygen atoms in total. The van der Waals surface area contributed by atoms with Crippen molar-refractivity contribution in [3.8, 4) is 0 Å². The van der Waals surface area contributed by atoms with Crippen LogP contribution in [0.1, 0.15) is 18.1 Å². The lowest BCUT2D eigenvalue weighted by atomic mass is 10.1. The van der Waals surface area contributed by atoms with Crippen molar-refractivity contribution >= 4 is 0 Å². The van der Waals surface area contributed by atoms with Crippen LogP contribution >= 0.6 is 0 Å². The summed E-state index contributed by atoms with van der Waals surface area (Å²) in [5.74, 6) is -0.233. The molecular weight excluding hydrogens is 259 g/mol. The van der Waals surface area contributed by atoms with Crippen LogP contribution in [-0.2, 0) is 22.6 Å². The quantitative estimate of drug-likeness (QED) is 0.751. The third-order valence-corrected chi connectivity index (χ3v) is 3.38. The van der Waals surface area contributed by atoms with E-state index in [4.69, 9.17) is 15.2 Å². The van der Waals surface area contributed by atoms with E-state index in [1.54, 1.807) is 26.4 Å². The molecule has 1 rings (SSSR count). The molecule has 0 saturated carbocycles. The standard InChI is InChI=1S/C15H25FN2O2/c1-12(11-20-3)18(6-7-19-2)10-14-8-15(16)5-4-13(14)9-17/h4-5,8,12H,6-7,9-11,17H2,1-3H3. The van der Waals surface area contributed by atoms with Gasteiger partial charge < -0.3 is 15.2 Å². The number of hydrogen-bond donors (Lipinski definition) is 1. The van der Waals surface area contributed by atoms with Crippen LogP contribution in [0.4, 0.5) is 4.39 Å². The van der Waals surface area contributed by atoms with Gasteiger partial charge in [0, 0.05) is 39.9 Å². The molecule has 0 aliphatic carbocycles. The van der Waals surface area contributed by atoms with Gasteiger partial charge in [-0.05, 0) is 30.2 Å². The minimum absolute atomic E-state index is 0.226. The number of halogens is 1.